The third-order valence-electron chi connectivity index (χ3n) is 5.31. The summed E-state index contributed by atoms with van der Waals surface area (Å²) in [5.74, 6) is -1.72. The highest BCUT2D eigenvalue weighted by Crippen LogP contribution is 2.27. The van der Waals surface area contributed by atoms with Gasteiger partial charge >= 0.3 is 5.97 Å². The molecule has 2 aromatic rings. The molecule has 0 spiro atoms. The molecule has 1 N–H and O–H groups in total. The van der Waals surface area contributed by atoms with Gasteiger partial charge in [-0.15, -0.1) is 0 Å². The van der Waals surface area contributed by atoms with Crippen LogP contribution in [0, 0.1) is 0 Å². The van der Waals surface area contributed by atoms with Gasteiger partial charge in [-0.1, -0.05) is 12.1 Å². The summed E-state index contributed by atoms with van der Waals surface area (Å²) < 4.78 is 0. The number of hydrogen-bond donors (Lipinski definition) is 1. The van der Waals surface area contributed by atoms with Crippen LogP contribution in [0.15, 0.2) is 42.5 Å². The molecule has 0 atom stereocenters. The minimum absolute atomic E-state index is 0.0498. The molecule has 1 saturated heterocycles. The fourth-order valence-electron chi connectivity index (χ4n) is 3.70. The van der Waals surface area contributed by atoms with Crippen molar-refractivity contribution in [1.82, 2.24) is 9.80 Å². The van der Waals surface area contributed by atoms with Gasteiger partial charge in [0.25, 0.3) is 11.8 Å². The standard InChI is InChI=1S/C21H21N3O4/c1-22-6-8-23(9-7-22)16-11-14(10-15(12-16)21(27)28)13-24-19(25)17-4-2-3-5-18(17)20(24)26/h2-5,10-12H,6-9,13H2,1H3,(H,27,28). The zero-order valence-electron chi connectivity index (χ0n) is 15.6. The maximum absolute atomic E-state index is 12.6. The Morgan fingerprint density at radius 3 is 2.14 bits per heavy atom. The van der Waals surface area contributed by atoms with Crippen LogP contribution < -0.4 is 4.90 Å². The molecule has 0 radical (unpaired) electrons. The smallest absolute Gasteiger partial charge is 0.335 e. The first-order valence-corrected chi connectivity index (χ1v) is 9.20. The number of carbonyl (C=O) groups is 3. The van der Waals surface area contributed by atoms with Gasteiger partial charge in [0.2, 0.25) is 0 Å². The average Bonchev–Trinajstić information content (AvgIpc) is 2.93. The number of carboxylic acid groups (broad SMARTS) is 1. The summed E-state index contributed by atoms with van der Waals surface area (Å²) in [5.41, 5.74) is 2.37. The van der Waals surface area contributed by atoms with Crippen LogP contribution in [0.25, 0.3) is 0 Å². The van der Waals surface area contributed by atoms with Crippen molar-refractivity contribution in [2.45, 2.75) is 6.54 Å². The van der Waals surface area contributed by atoms with E-state index in [1.807, 2.05) is 6.07 Å². The third kappa shape index (κ3) is 3.25. The molecule has 4 rings (SSSR count). The van der Waals surface area contributed by atoms with E-state index in [2.05, 4.69) is 16.8 Å². The van der Waals surface area contributed by atoms with E-state index in [1.54, 1.807) is 30.3 Å². The fourth-order valence-corrected chi connectivity index (χ4v) is 3.70. The number of fused-ring (bicyclic) bond motifs is 1. The molecule has 28 heavy (non-hydrogen) atoms. The van der Waals surface area contributed by atoms with Crippen molar-refractivity contribution < 1.29 is 19.5 Å². The van der Waals surface area contributed by atoms with Crippen molar-refractivity contribution >= 4 is 23.5 Å². The Balaban J connectivity index is 1.64. The van der Waals surface area contributed by atoms with Crippen molar-refractivity contribution in [3.63, 3.8) is 0 Å². The molecule has 0 bridgehead atoms. The van der Waals surface area contributed by atoms with Gasteiger partial charge in [0.1, 0.15) is 0 Å². The molecule has 2 heterocycles. The molecule has 7 nitrogen and oxygen atoms in total. The minimum atomic E-state index is -1.03. The maximum Gasteiger partial charge on any atom is 0.335 e. The number of nitrogens with zero attached hydrogens (tertiary/aromatic N) is 3. The summed E-state index contributed by atoms with van der Waals surface area (Å²) in [7, 11) is 2.05. The van der Waals surface area contributed by atoms with Gasteiger partial charge < -0.3 is 14.9 Å². The van der Waals surface area contributed by atoms with Crippen LogP contribution in [-0.2, 0) is 6.54 Å². The van der Waals surface area contributed by atoms with Gasteiger partial charge in [-0.3, -0.25) is 14.5 Å². The second kappa shape index (κ2) is 7.09. The molecule has 0 saturated carbocycles. The van der Waals surface area contributed by atoms with Crippen molar-refractivity contribution in [1.29, 1.82) is 0 Å². The number of imide groups is 1. The molecule has 2 aromatic carbocycles. The Morgan fingerprint density at radius 1 is 0.964 bits per heavy atom. The first-order chi connectivity index (χ1) is 13.4. The number of benzene rings is 2. The SMILES string of the molecule is CN1CCN(c2cc(CN3C(=O)c4ccccc4C3=O)cc(C(=O)O)c2)CC1. The molecule has 2 aliphatic rings. The number of likely N-dealkylation sites (N-methyl/N-ethyl adjacent to an activating group) is 1. The van der Waals surface area contributed by atoms with Gasteiger partial charge in [-0.05, 0) is 42.9 Å². The highest BCUT2D eigenvalue weighted by molar-refractivity contribution is 6.21. The molecule has 1 fully saturated rings. The minimum Gasteiger partial charge on any atom is -0.478 e. The molecule has 0 aliphatic carbocycles. The summed E-state index contributed by atoms with van der Waals surface area (Å²) in [6, 6.07) is 11.8. The molecule has 2 aliphatic heterocycles. The van der Waals surface area contributed by atoms with E-state index in [0.29, 0.717) is 16.7 Å². The quantitative estimate of drug-likeness (QED) is 0.818. The summed E-state index contributed by atoms with van der Waals surface area (Å²) in [5, 5.41) is 9.51. The Hall–Kier alpha value is -3.19. The highest BCUT2D eigenvalue weighted by atomic mass is 16.4. The molecule has 2 amide bonds. The number of aromatic carboxylic acids is 1. The highest BCUT2D eigenvalue weighted by Gasteiger charge is 2.35. The van der Waals surface area contributed by atoms with Crippen LogP contribution in [0.5, 0.6) is 0 Å². The third-order valence-corrected chi connectivity index (χ3v) is 5.31. The molecule has 7 heteroatoms. The summed E-state index contributed by atoms with van der Waals surface area (Å²) in [6.07, 6.45) is 0. The number of hydrogen-bond acceptors (Lipinski definition) is 5. The maximum atomic E-state index is 12.6. The second-order valence-electron chi connectivity index (χ2n) is 7.23. The van der Waals surface area contributed by atoms with Crippen LogP contribution in [0.4, 0.5) is 5.69 Å². The fraction of sp³-hybridized carbons (Fsp3) is 0.286. The lowest BCUT2D eigenvalue weighted by molar-refractivity contribution is 0.0641. The first kappa shape index (κ1) is 18.2. The largest absolute Gasteiger partial charge is 0.478 e. The predicted molar refractivity (Wildman–Crippen MR) is 104 cm³/mol. The topological polar surface area (TPSA) is 81.2 Å². The predicted octanol–water partition coefficient (Wildman–Crippen LogP) is 1.93. The van der Waals surface area contributed by atoms with E-state index in [1.165, 1.54) is 11.0 Å². The first-order valence-electron chi connectivity index (χ1n) is 9.20. The number of amides is 2. The van der Waals surface area contributed by atoms with Gasteiger partial charge in [0, 0.05) is 31.9 Å². The van der Waals surface area contributed by atoms with E-state index < -0.39 is 5.97 Å². The average molecular weight is 379 g/mol. The number of carbonyl (C=O) groups excluding carboxylic acids is 2. The molecule has 0 aromatic heterocycles. The van der Waals surface area contributed by atoms with Crippen molar-refractivity contribution in [3.05, 3.63) is 64.7 Å². The van der Waals surface area contributed by atoms with Crippen molar-refractivity contribution in [3.8, 4) is 0 Å². The van der Waals surface area contributed by atoms with Crippen LogP contribution >= 0.6 is 0 Å². The van der Waals surface area contributed by atoms with Gasteiger partial charge in [-0.2, -0.15) is 0 Å². The number of anilines is 1. The van der Waals surface area contributed by atoms with E-state index in [0.717, 1.165) is 31.9 Å². The normalized spacial score (nSPS) is 17.2. The Labute approximate surface area is 162 Å². The molecule has 0 unspecified atom stereocenters. The zero-order valence-corrected chi connectivity index (χ0v) is 15.6. The van der Waals surface area contributed by atoms with Gasteiger partial charge in [0.05, 0.1) is 23.2 Å². The van der Waals surface area contributed by atoms with Crippen molar-refractivity contribution in [2.75, 3.05) is 38.1 Å². The molecular formula is C21H21N3O4. The Kier molecular flexibility index (Phi) is 4.60. The van der Waals surface area contributed by atoms with Gasteiger partial charge in [-0.25, -0.2) is 4.79 Å². The van der Waals surface area contributed by atoms with E-state index in [4.69, 9.17) is 0 Å². The van der Waals surface area contributed by atoms with Crippen LogP contribution in [0.1, 0.15) is 36.6 Å². The van der Waals surface area contributed by atoms with E-state index >= 15 is 0 Å². The lowest BCUT2D eigenvalue weighted by atomic mass is 10.1. The second-order valence-corrected chi connectivity index (χ2v) is 7.23. The number of carboxylic acids is 1. The van der Waals surface area contributed by atoms with Crippen LogP contribution in [0.2, 0.25) is 0 Å². The number of rotatable bonds is 4. The van der Waals surface area contributed by atoms with E-state index in [9.17, 15) is 19.5 Å². The zero-order chi connectivity index (χ0) is 19.8. The Bertz CT molecular complexity index is 929. The summed E-state index contributed by atoms with van der Waals surface area (Å²) >= 11 is 0. The molecular weight excluding hydrogens is 358 g/mol. The van der Waals surface area contributed by atoms with Crippen LogP contribution in [-0.4, -0.2) is 65.9 Å². The van der Waals surface area contributed by atoms with Crippen LogP contribution in [0.3, 0.4) is 0 Å². The van der Waals surface area contributed by atoms with Crippen molar-refractivity contribution in [2.24, 2.45) is 0 Å². The number of piperazine rings is 1. The molecule has 144 valence electrons. The Morgan fingerprint density at radius 2 is 1.57 bits per heavy atom. The lowest BCUT2D eigenvalue weighted by Crippen LogP contribution is -2.44. The van der Waals surface area contributed by atoms with Gasteiger partial charge in [0.15, 0.2) is 0 Å². The summed E-state index contributed by atoms with van der Waals surface area (Å²) in [6.45, 7) is 3.43. The lowest BCUT2D eigenvalue weighted by Gasteiger charge is -2.34. The summed E-state index contributed by atoms with van der Waals surface area (Å²) in [4.78, 5) is 42.4. The monoisotopic (exact) mass is 379 g/mol. The van der Waals surface area contributed by atoms with E-state index in [-0.39, 0.29) is 23.9 Å².